The lowest BCUT2D eigenvalue weighted by Gasteiger charge is -2.18. The zero-order chi connectivity index (χ0) is 11.3. The number of carbonyl (C=O) groups is 1. The number of hydrogen-bond acceptors (Lipinski definition) is 3. The van der Waals surface area contributed by atoms with Gasteiger partial charge in [0.2, 0.25) is 0 Å². The van der Waals surface area contributed by atoms with Crippen molar-refractivity contribution in [2.24, 2.45) is 0 Å². The molecule has 15 heavy (non-hydrogen) atoms. The first-order valence-corrected chi connectivity index (χ1v) is 5.06. The molecule has 0 amide bonds. The van der Waals surface area contributed by atoms with Gasteiger partial charge < -0.3 is 10.4 Å². The van der Waals surface area contributed by atoms with Gasteiger partial charge in [-0.05, 0) is 20.3 Å². The van der Waals surface area contributed by atoms with Gasteiger partial charge in [0.1, 0.15) is 0 Å². The van der Waals surface area contributed by atoms with E-state index in [9.17, 15) is 4.79 Å². The van der Waals surface area contributed by atoms with Crippen molar-refractivity contribution in [2.75, 3.05) is 0 Å². The Balaban J connectivity index is 2.31. The summed E-state index contributed by atoms with van der Waals surface area (Å²) in [7, 11) is 0. The molecule has 0 bridgehead atoms. The molecule has 0 aliphatic rings. The smallest absolute Gasteiger partial charge is 0.303 e. The third kappa shape index (κ3) is 4.12. The maximum absolute atomic E-state index is 10.4. The Morgan fingerprint density at radius 1 is 1.67 bits per heavy atom. The van der Waals surface area contributed by atoms with Crippen LogP contribution >= 0.6 is 0 Å². The van der Waals surface area contributed by atoms with Crippen LogP contribution in [0.4, 0.5) is 0 Å². The normalized spacial score (nSPS) is 14.8. The average molecular weight is 211 g/mol. The van der Waals surface area contributed by atoms with Crippen LogP contribution in [0.3, 0.4) is 0 Å². The molecule has 2 unspecified atom stereocenters. The van der Waals surface area contributed by atoms with Crippen LogP contribution in [0.1, 0.15) is 38.3 Å². The fourth-order valence-corrected chi connectivity index (χ4v) is 1.44. The van der Waals surface area contributed by atoms with E-state index in [0.717, 1.165) is 5.56 Å². The van der Waals surface area contributed by atoms with Crippen LogP contribution in [0, 0.1) is 0 Å². The zero-order valence-corrected chi connectivity index (χ0v) is 9.03. The number of aromatic nitrogens is 2. The maximum Gasteiger partial charge on any atom is 0.303 e. The molecule has 1 heterocycles. The minimum Gasteiger partial charge on any atom is -0.481 e. The van der Waals surface area contributed by atoms with Crippen LogP contribution in [0.2, 0.25) is 0 Å². The number of hydrogen-bond donors (Lipinski definition) is 3. The van der Waals surface area contributed by atoms with Crippen LogP contribution in [0.5, 0.6) is 0 Å². The first-order chi connectivity index (χ1) is 7.09. The van der Waals surface area contributed by atoms with Gasteiger partial charge in [-0.3, -0.25) is 9.89 Å². The monoisotopic (exact) mass is 211 g/mol. The highest BCUT2D eigenvalue weighted by Crippen LogP contribution is 2.11. The van der Waals surface area contributed by atoms with E-state index < -0.39 is 5.97 Å². The molecule has 5 heteroatoms. The number of H-pyrrole nitrogens is 1. The van der Waals surface area contributed by atoms with Crippen molar-refractivity contribution >= 4 is 5.97 Å². The van der Waals surface area contributed by atoms with Gasteiger partial charge >= 0.3 is 5.97 Å². The van der Waals surface area contributed by atoms with Crippen LogP contribution in [-0.2, 0) is 4.79 Å². The third-order valence-electron chi connectivity index (χ3n) is 2.35. The molecule has 2 atom stereocenters. The predicted octanol–water partition coefficient (Wildman–Crippen LogP) is 1.31. The first-order valence-electron chi connectivity index (χ1n) is 5.06. The van der Waals surface area contributed by atoms with Crippen molar-refractivity contribution in [1.82, 2.24) is 15.5 Å². The highest BCUT2D eigenvalue weighted by atomic mass is 16.4. The summed E-state index contributed by atoms with van der Waals surface area (Å²) < 4.78 is 0. The van der Waals surface area contributed by atoms with E-state index in [0.29, 0.717) is 6.42 Å². The second kappa shape index (κ2) is 5.50. The number of nitrogens with zero attached hydrogens (tertiary/aromatic N) is 1. The Bertz CT molecular complexity index is 298. The van der Waals surface area contributed by atoms with Gasteiger partial charge in [0, 0.05) is 30.3 Å². The molecule has 0 fully saturated rings. The molecule has 0 aliphatic heterocycles. The molecular weight excluding hydrogens is 194 g/mol. The Morgan fingerprint density at radius 3 is 2.93 bits per heavy atom. The summed E-state index contributed by atoms with van der Waals surface area (Å²) >= 11 is 0. The highest BCUT2D eigenvalue weighted by molar-refractivity contribution is 5.66. The van der Waals surface area contributed by atoms with E-state index >= 15 is 0 Å². The quantitative estimate of drug-likeness (QED) is 0.663. The molecule has 0 spiro atoms. The minimum atomic E-state index is -0.750. The second-order valence-electron chi connectivity index (χ2n) is 3.75. The summed E-state index contributed by atoms with van der Waals surface area (Å²) in [6.45, 7) is 4.02. The highest BCUT2D eigenvalue weighted by Gasteiger charge is 2.11. The molecule has 5 nitrogen and oxygen atoms in total. The van der Waals surface area contributed by atoms with Gasteiger partial charge in [-0.2, -0.15) is 5.10 Å². The molecule has 0 radical (unpaired) electrons. The summed E-state index contributed by atoms with van der Waals surface area (Å²) in [5, 5.41) is 18.5. The van der Waals surface area contributed by atoms with Crippen molar-refractivity contribution in [3.05, 3.63) is 18.0 Å². The number of carboxylic acids is 1. The van der Waals surface area contributed by atoms with Gasteiger partial charge in [-0.25, -0.2) is 0 Å². The fourth-order valence-electron chi connectivity index (χ4n) is 1.44. The zero-order valence-electron chi connectivity index (χ0n) is 9.03. The topological polar surface area (TPSA) is 78.0 Å². The van der Waals surface area contributed by atoms with Crippen LogP contribution in [0.25, 0.3) is 0 Å². The summed E-state index contributed by atoms with van der Waals surface area (Å²) in [5.41, 5.74) is 1.08. The Hall–Kier alpha value is -1.36. The molecule has 1 rings (SSSR count). The van der Waals surface area contributed by atoms with Gasteiger partial charge in [0.25, 0.3) is 0 Å². The van der Waals surface area contributed by atoms with E-state index in [-0.39, 0.29) is 18.5 Å². The largest absolute Gasteiger partial charge is 0.481 e. The molecule has 0 aromatic carbocycles. The minimum absolute atomic E-state index is 0.186. The lowest BCUT2D eigenvalue weighted by atomic mass is 10.1. The summed E-state index contributed by atoms with van der Waals surface area (Å²) in [4.78, 5) is 10.4. The molecule has 0 aliphatic carbocycles. The van der Waals surface area contributed by atoms with Gasteiger partial charge in [-0.1, -0.05) is 0 Å². The Kier molecular flexibility index (Phi) is 4.30. The van der Waals surface area contributed by atoms with E-state index in [2.05, 4.69) is 15.5 Å². The summed E-state index contributed by atoms with van der Waals surface area (Å²) in [5.74, 6) is -0.750. The molecule has 84 valence electrons. The van der Waals surface area contributed by atoms with Crippen molar-refractivity contribution < 1.29 is 9.90 Å². The van der Waals surface area contributed by atoms with E-state index in [1.807, 2.05) is 20.0 Å². The standard InChI is InChI=1S/C10H17N3O2/c1-7(3-4-10(14)15)13-8(2)9-5-11-12-6-9/h5-8,13H,3-4H2,1-2H3,(H,11,12)(H,14,15). The molecule has 3 N–H and O–H groups in total. The number of rotatable bonds is 6. The number of carboxylic acid groups (broad SMARTS) is 1. The number of aliphatic carboxylic acids is 1. The maximum atomic E-state index is 10.4. The SMILES string of the molecule is CC(CCC(=O)O)NC(C)c1cn[nH]c1. The first kappa shape index (κ1) is 11.7. The molecule has 0 saturated carbocycles. The Labute approximate surface area is 88.9 Å². The van der Waals surface area contributed by atoms with Crippen molar-refractivity contribution in [1.29, 1.82) is 0 Å². The van der Waals surface area contributed by atoms with Gasteiger partial charge in [0.15, 0.2) is 0 Å². The van der Waals surface area contributed by atoms with Crippen molar-refractivity contribution in [3.63, 3.8) is 0 Å². The molecule has 1 aromatic rings. The molecule has 1 aromatic heterocycles. The van der Waals surface area contributed by atoms with Crippen molar-refractivity contribution in [3.8, 4) is 0 Å². The fraction of sp³-hybridized carbons (Fsp3) is 0.600. The van der Waals surface area contributed by atoms with E-state index in [4.69, 9.17) is 5.11 Å². The summed E-state index contributed by atoms with van der Waals surface area (Å²) in [6, 6.07) is 0.374. The van der Waals surface area contributed by atoms with Gasteiger partial charge in [-0.15, -0.1) is 0 Å². The van der Waals surface area contributed by atoms with E-state index in [1.54, 1.807) is 6.20 Å². The lowest BCUT2D eigenvalue weighted by Crippen LogP contribution is -2.29. The second-order valence-corrected chi connectivity index (χ2v) is 3.75. The van der Waals surface area contributed by atoms with Crippen LogP contribution < -0.4 is 5.32 Å². The summed E-state index contributed by atoms with van der Waals surface area (Å²) in [6.07, 6.45) is 4.44. The van der Waals surface area contributed by atoms with Crippen molar-refractivity contribution in [2.45, 2.75) is 38.8 Å². The van der Waals surface area contributed by atoms with E-state index in [1.165, 1.54) is 0 Å². The number of aromatic amines is 1. The average Bonchev–Trinajstić information content (AvgIpc) is 2.67. The molecular formula is C10H17N3O2. The van der Waals surface area contributed by atoms with Crippen LogP contribution in [0.15, 0.2) is 12.4 Å². The van der Waals surface area contributed by atoms with Crippen LogP contribution in [-0.4, -0.2) is 27.3 Å². The lowest BCUT2D eigenvalue weighted by molar-refractivity contribution is -0.137. The molecule has 0 saturated heterocycles. The third-order valence-corrected chi connectivity index (χ3v) is 2.35. The van der Waals surface area contributed by atoms with Gasteiger partial charge in [0.05, 0.1) is 6.20 Å². The number of nitrogens with one attached hydrogen (secondary N) is 2. The predicted molar refractivity (Wildman–Crippen MR) is 56.5 cm³/mol. The Morgan fingerprint density at radius 2 is 2.40 bits per heavy atom.